The van der Waals surface area contributed by atoms with Crippen LogP contribution in [0.5, 0.6) is 0 Å². The highest BCUT2D eigenvalue weighted by Crippen LogP contribution is 2.21. The summed E-state index contributed by atoms with van der Waals surface area (Å²) >= 11 is 0. The van der Waals surface area contributed by atoms with Crippen LogP contribution in [0.1, 0.15) is 18.1 Å². The van der Waals surface area contributed by atoms with Gasteiger partial charge in [0.25, 0.3) is 5.56 Å². The van der Waals surface area contributed by atoms with Crippen molar-refractivity contribution in [2.75, 3.05) is 0 Å². The molecule has 0 saturated carbocycles. The lowest BCUT2D eigenvalue weighted by atomic mass is 10.1. The van der Waals surface area contributed by atoms with Crippen LogP contribution in [0.15, 0.2) is 29.1 Å². The molecular weight excluding hydrogens is 200 g/mol. The third kappa shape index (κ3) is 1.69. The first-order valence-corrected chi connectivity index (χ1v) is 5.50. The zero-order valence-electron chi connectivity index (χ0n) is 9.87. The minimum Gasteiger partial charge on any atom is -0.285 e. The van der Waals surface area contributed by atoms with Crippen LogP contribution >= 0.6 is 0 Å². The third-order valence-corrected chi connectivity index (χ3v) is 2.81. The van der Waals surface area contributed by atoms with Gasteiger partial charge in [0, 0.05) is 17.7 Å². The van der Waals surface area contributed by atoms with E-state index in [1.807, 2.05) is 30.7 Å². The predicted octanol–water partition coefficient (Wildman–Crippen LogP) is 2.48. The maximum absolute atomic E-state index is 11.6. The molecule has 1 N–H and O–H groups in total. The molecule has 0 unspecified atom stereocenters. The second-order valence-electron chi connectivity index (χ2n) is 4.03. The first-order chi connectivity index (χ1) is 7.63. The molecule has 1 heterocycles. The van der Waals surface area contributed by atoms with Gasteiger partial charge in [-0.25, -0.2) is 0 Å². The zero-order valence-corrected chi connectivity index (χ0v) is 9.87. The Labute approximate surface area is 94.7 Å². The van der Waals surface area contributed by atoms with Gasteiger partial charge < -0.3 is 0 Å². The number of nitrogens with zero attached hydrogens (tertiary/aromatic N) is 1. The number of H-pyrrole nitrogens is 1. The fourth-order valence-corrected chi connectivity index (χ4v) is 1.97. The number of rotatable bonds is 2. The molecule has 0 aliphatic carbocycles. The van der Waals surface area contributed by atoms with Crippen molar-refractivity contribution in [1.82, 2.24) is 9.78 Å². The number of benzene rings is 1. The molecule has 3 nitrogen and oxygen atoms in total. The largest absolute Gasteiger partial charge is 0.285 e. The molecule has 0 fully saturated rings. The van der Waals surface area contributed by atoms with E-state index in [0.29, 0.717) is 0 Å². The van der Waals surface area contributed by atoms with Crippen molar-refractivity contribution >= 4 is 0 Å². The monoisotopic (exact) mass is 216 g/mol. The first-order valence-electron chi connectivity index (χ1n) is 5.50. The fraction of sp³-hybridized carbons (Fsp3) is 0.308. The van der Waals surface area contributed by atoms with Crippen LogP contribution in [0.3, 0.4) is 0 Å². The van der Waals surface area contributed by atoms with Crippen molar-refractivity contribution in [3.8, 4) is 11.3 Å². The Morgan fingerprint density at radius 1 is 1.31 bits per heavy atom. The average Bonchev–Trinajstić information content (AvgIpc) is 2.55. The number of hydrogen-bond acceptors (Lipinski definition) is 1. The Morgan fingerprint density at radius 2 is 2.06 bits per heavy atom. The van der Waals surface area contributed by atoms with Crippen molar-refractivity contribution in [2.45, 2.75) is 27.3 Å². The van der Waals surface area contributed by atoms with E-state index in [2.05, 4.69) is 24.2 Å². The summed E-state index contributed by atoms with van der Waals surface area (Å²) in [4.78, 5) is 11.6. The summed E-state index contributed by atoms with van der Waals surface area (Å²) in [7, 11) is 0. The molecule has 0 amide bonds. The molecule has 0 aliphatic heterocycles. The molecule has 0 radical (unpaired) electrons. The lowest BCUT2D eigenvalue weighted by Crippen LogP contribution is -2.05. The van der Waals surface area contributed by atoms with Gasteiger partial charge in [0.2, 0.25) is 0 Å². The van der Waals surface area contributed by atoms with Crippen molar-refractivity contribution in [1.29, 1.82) is 0 Å². The van der Waals surface area contributed by atoms with Gasteiger partial charge in [0.15, 0.2) is 0 Å². The normalized spacial score (nSPS) is 10.7. The number of aromatic amines is 1. The average molecular weight is 216 g/mol. The molecule has 84 valence electrons. The molecule has 3 heteroatoms. The van der Waals surface area contributed by atoms with Gasteiger partial charge in [-0.2, -0.15) is 0 Å². The van der Waals surface area contributed by atoms with Gasteiger partial charge in [-0.15, -0.1) is 0 Å². The Kier molecular flexibility index (Phi) is 2.69. The Morgan fingerprint density at radius 3 is 2.69 bits per heavy atom. The standard InChI is InChI=1S/C13H16N2O/c1-4-15-12(10(3)13(16)14-15)11-7-5-6-9(2)8-11/h5-8H,4H2,1-3H3,(H,14,16). The Hall–Kier alpha value is -1.77. The van der Waals surface area contributed by atoms with Crippen LogP contribution in [0, 0.1) is 13.8 Å². The quantitative estimate of drug-likeness (QED) is 0.822. The molecular formula is C13H16N2O. The zero-order chi connectivity index (χ0) is 11.7. The SMILES string of the molecule is CCn1[nH]c(=O)c(C)c1-c1cccc(C)c1. The minimum absolute atomic E-state index is 0.00152. The van der Waals surface area contributed by atoms with Crippen LogP contribution in [-0.2, 0) is 6.54 Å². The number of aryl methyl sites for hydroxylation is 2. The molecule has 1 aromatic carbocycles. The number of aromatic nitrogens is 2. The van der Waals surface area contributed by atoms with E-state index in [1.54, 1.807) is 0 Å². The van der Waals surface area contributed by atoms with Gasteiger partial charge in [0.05, 0.1) is 5.69 Å². The molecule has 0 bridgehead atoms. The highest BCUT2D eigenvalue weighted by Gasteiger charge is 2.11. The summed E-state index contributed by atoms with van der Waals surface area (Å²) in [5, 5.41) is 2.84. The van der Waals surface area contributed by atoms with Gasteiger partial charge in [-0.05, 0) is 26.8 Å². The number of nitrogens with one attached hydrogen (secondary N) is 1. The van der Waals surface area contributed by atoms with E-state index >= 15 is 0 Å². The van der Waals surface area contributed by atoms with E-state index in [1.165, 1.54) is 5.56 Å². The fourth-order valence-electron chi connectivity index (χ4n) is 1.97. The van der Waals surface area contributed by atoms with Crippen LogP contribution in [0.4, 0.5) is 0 Å². The smallest absolute Gasteiger partial charge is 0.267 e. The summed E-state index contributed by atoms with van der Waals surface area (Å²) in [6, 6.07) is 8.21. The van der Waals surface area contributed by atoms with E-state index in [0.717, 1.165) is 23.4 Å². The van der Waals surface area contributed by atoms with E-state index < -0.39 is 0 Å². The molecule has 16 heavy (non-hydrogen) atoms. The van der Waals surface area contributed by atoms with Crippen LogP contribution < -0.4 is 5.56 Å². The topological polar surface area (TPSA) is 37.8 Å². The first kappa shape index (κ1) is 10.7. The second kappa shape index (κ2) is 4.00. The highest BCUT2D eigenvalue weighted by atomic mass is 16.1. The van der Waals surface area contributed by atoms with Gasteiger partial charge in [-0.3, -0.25) is 14.6 Å². The summed E-state index contributed by atoms with van der Waals surface area (Å²) in [5.41, 5.74) is 4.08. The lowest BCUT2D eigenvalue weighted by Gasteiger charge is -2.07. The molecule has 0 saturated heterocycles. The minimum atomic E-state index is -0.00152. The van der Waals surface area contributed by atoms with Crippen LogP contribution in [0.25, 0.3) is 11.3 Å². The molecule has 0 spiro atoms. The predicted molar refractivity (Wildman–Crippen MR) is 65.6 cm³/mol. The molecule has 2 aromatic rings. The van der Waals surface area contributed by atoms with Gasteiger partial charge in [0.1, 0.15) is 0 Å². The van der Waals surface area contributed by atoms with E-state index in [-0.39, 0.29) is 5.56 Å². The van der Waals surface area contributed by atoms with E-state index in [4.69, 9.17) is 0 Å². The van der Waals surface area contributed by atoms with Crippen molar-refractivity contribution < 1.29 is 0 Å². The van der Waals surface area contributed by atoms with Gasteiger partial charge in [-0.1, -0.05) is 23.8 Å². The van der Waals surface area contributed by atoms with Crippen molar-refractivity contribution in [3.05, 3.63) is 45.7 Å². The molecule has 1 aromatic heterocycles. The summed E-state index contributed by atoms with van der Waals surface area (Å²) in [6.07, 6.45) is 0. The maximum Gasteiger partial charge on any atom is 0.267 e. The van der Waals surface area contributed by atoms with Crippen molar-refractivity contribution in [2.24, 2.45) is 0 Å². The highest BCUT2D eigenvalue weighted by molar-refractivity contribution is 5.63. The molecule has 0 atom stereocenters. The maximum atomic E-state index is 11.6. The van der Waals surface area contributed by atoms with Gasteiger partial charge >= 0.3 is 0 Å². The third-order valence-electron chi connectivity index (χ3n) is 2.81. The van der Waals surface area contributed by atoms with Crippen LogP contribution in [0.2, 0.25) is 0 Å². The second-order valence-corrected chi connectivity index (χ2v) is 4.03. The Balaban J connectivity index is 2.68. The summed E-state index contributed by atoms with van der Waals surface area (Å²) in [5.74, 6) is 0. The summed E-state index contributed by atoms with van der Waals surface area (Å²) in [6.45, 7) is 6.71. The lowest BCUT2D eigenvalue weighted by molar-refractivity contribution is 0.660. The van der Waals surface area contributed by atoms with E-state index in [9.17, 15) is 4.79 Å². The summed E-state index contributed by atoms with van der Waals surface area (Å²) < 4.78 is 1.90. The Bertz CT molecular complexity index is 564. The molecule has 2 rings (SSSR count). The molecule has 0 aliphatic rings. The number of hydrogen-bond donors (Lipinski definition) is 1. The van der Waals surface area contributed by atoms with Crippen LogP contribution in [-0.4, -0.2) is 9.78 Å². The van der Waals surface area contributed by atoms with Crippen molar-refractivity contribution in [3.63, 3.8) is 0 Å².